The first-order valence-corrected chi connectivity index (χ1v) is 12.4. The fraction of sp³-hybridized carbons (Fsp3) is 0.130. The third-order valence-corrected chi connectivity index (χ3v) is 7.77. The Hall–Kier alpha value is -2.68. The first-order valence-electron chi connectivity index (χ1n) is 9.62. The van der Waals surface area contributed by atoms with Crippen LogP contribution in [0.5, 0.6) is 0 Å². The van der Waals surface area contributed by atoms with Gasteiger partial charge in [-0.3, -0.25) is 4.79 Å². The smallest absolute Gasteiger partial charge is 0.250 e. The molecule has 0 radical (unpaired) electrons. The zero-order valence-corrected chi connectivity index (χ0v) is 19.3. The molecular formula is C23H20N4OS3. The molecule has 31 heavy (non-hydrogen) atoms. The number of benzene rings is 3. The number of hydrogen-bond acceptors (Lipinski definition) is 7. The predicted molar refractivity (Wildman–Crippen MR) is 131 cm³/mol. The van der Waals surface area contributed by atoms with Crippen LogP contribution in [0.3, 0.4) is 0 Å². The van der Waals surface area contributed by atoms with Gasteiger partial charge in [0.05, 0.1) is 12.0 Å². The molecule has 0 bridgehead atoms. The van der Waals surface area contributed by atoms with E-state index in [1.807, 2.05) is 31.2 Å². The van der Waals surface area contributed by atoms with E-state index in [9.17, 15) is 4.79 Å². The third-order valence-electron chi connectivity index (χ3n) is 4.53. The summed E-state index contributed by atoms with van der Waals surface area (Å²) in [5, 5.41) is 15.0. The first kappa shape index (κ1) is 21.5. The second kappa shape index (κ2) is 10.6. The van der Waals surface area contributed by atoms with Crippen molar-refractivity contribution in [1.29, 1.82) is 0 Å². The monoisotopic (exact) mass is 464 g/mol. The van der Waals surface area contributed by atoms with E-state index in [1.54, 1.807) is 18.0 Å². The van der Waals surface area contributed by atoms with E-state index in [2.05, 4.69) is 63.2 Å². The van der Waals surface area contributed by atoms with E-state index in [4.69, 9.17) is 0 Å². The summed E-state index contributed by atoms with van der Waals surface area (Å²) >= 11 is 4.54. The number of rotatable bonds is 8. The lowest BCUT2D eigenvalue weighted by molar-refractivity contribution is -0.118. The van der Waals surface area contributed by atoms with Gasteiger partial charge in [-0.2, -0.15) is 5.10 Å². The molecule has 1 heterocycles. The molecule has 0 aliphatic rings. The van der Waals surface area contributed by atoms with Crippen LogP contribution in [0, 0.1) is 6.92 Å². The number of carbonyl (C=O) groups is 1. The number of carbonyl (C=O) groups excluding carboxylic acids is 1. The molecule has 0 fully saturated rings. The van der Waals surface area contributed by atoms with Crippen molar-refractivity contribution in [2.24, 2.45) is 5.10 Å². The van der Waals surface area contributed by atoms with Gasteiger partial charge in [0.15, 0.2) is 8.68 Å². The number of amides is 1. The molecule has 3 aromatic carbocycles. The van der Waals surface area contributed by atoms with Crippen LogP contribution in [0.1, 0.15) is 16.7 Å². The maximum absolute atomic E-state index is 12.0. The van der Waals surface area contributed by atoms with E-state index >= 15 is 0 Å². The lowest BCUT2D eigenvalue weighted by Gasteiger charge is -2.04. The minimum atomic E-state index is -0.171. The Morgan fingerprint density at radius 1 is 1.00 bits per heavy atom. The van der Waals surface area contributed by atoms with Crippen LogP contribution in [-0.2, 0) is 10.5 Å². The molecule has 0 aliphatic carbocycles. The number of thioether (sulfide) groups is 2. The van der Waals surface area contributed by atoms with Gasteiger partial charge < -0.3 is 0 Å². The van der Waals surface area contributed by atoms with Crippen molar-refractivity contribution < 1.29 is 4.79 Å². The standard InChI is InChI=1S/C23H20N4OS3/c1-16-7-2-3-9-18(16)13-24-25-21(28)15-30-23-27-26-22(31-23)29-14-19-11-6-10-17-8-4-5-12-20(17)19/h2-13H,14-15H2,1H3,(H,25,28). The van der Waals surface area contributed by atoms with Gasteiger partial charge in [-0.25, -0.2) is 5.43 Å². The number of nitrogens with zero attached hydrogens (tertiary/aromatic N) is 3. The van der Waals surface area contributed by atoms with Crippen LogP contribution >= 0.6 is 34.9 Å². The lowest BCUT2D eigenvalue weighted by atomic mass is 10.1. The highest BCUT2D eigenvalue weighted by molar-refractivity contribution is 8.03. The van der Waals surface area contributed by atoms with Crippen molar-refractivity contribution in [1.82, 2.24) is 15.6 Å². The van der Waals surface area contributed by atoms with Crippen LogP contribution < -0.4 is 5.43 Å². The third kappa shape index (κ3) is 5.94. The molecule has 4 rings (SSSR count). The summed E-state index contributed by atoms with van der Waals surface area (Å²) in [6.45, 7) is 2.00. The van der Waals surface area contributed by atoms with E-state index in [-0.39, 0.29) is 11.7 Å². The molecule has 1 N–H and O–H groups in total. The summed E-state index contributed by atoms with van der Waals surface area (Å²) in [6, 6.07) is 22.6. The fourth-order valence-electron chi connectivity index (χ4n) is 2.94. The van der Waals surface area contributed by atoms with Crippen LogP contribution in [0.25, 0.3) is 10.8 Å². The summed E-state index contributed by atoms with van der Waals surface area (Å²) in [6.07, 6.45) is 1.66. The Morgan fingerprint density at radius 3 is 2.61 bits per heavy atom. The Morgan fingerprint density at radius 2 is 1.74 bits per heavy atom. The number of nitrogens with one attached hydrogen (secondary N) is 1. The SMILES string of the molecule is Cc1ccccc1C=NNC(=O)CSc1nnc(SCc2cccc3ccccc23)s1. The van der Waals surface area contributed by atoms with Crippen molar-refractivity contribution in [3.63, 3.8) is 0 Å². The topological polar surface area (TPSA) is 67.2 Å². The number of fused-ring (bicyclic) bond motifs is 1. The Bertz CT molecular complexity index is 1220. The number of aryl methyl sites for hydroxylation is 1. The maximum atomic E-state index is 12.0. The van der Waals surface area contributed by atoms with Gasteiger partial charge in [0.2, 0.25) is 0 Å². The second-order valence-electron chi connectivity index (χ2n) is 6.70. The number of hydrogen-bond donors (Lipinski definition) is 1. The molecule has 1 aromatic heterocycles. The second-order valence-corrected chi connectivity index (χ2v) is 10.1. The van der Waals surface area contributed by atoms with Gasteiger partial charge in [0.25, 0.3) is 5.91 Å². The summed E-state index contributed by atoms with van der Waals surface area (Å²) in [4.78, 5) is 12.0. The van der Waals surface area contributed by atoms with Crippen molar-refractivity contribution in [2.45, 2.75) is 21.4 Å². The molecule has 1 amide bonds. The minimum absolute atomic E-state index is 0.171. The Kier molecular flexibility index (Phi) is 7.35. The molecule has 0 atom stereocenters. The van der Waals surface area contributed by atoms with Crippen molar-refractivity contribution in [3.8, 4) is 0 Å². The molecule has 0 saturated heterocycles. The largest absolute Gasteiger partial charge is 0.272 e. The van der Waals surface area contributed by atoms with Crippen LogP contribution in [-0.4, -0.2) is 28.1 Å². The average molecular weight is 465 g/mol. The van der Waals surface area contributed by atoms with Gasteiger partial charge in [0.1, 0.15) is 0 Å². The minimum Gasteiger partial charge on any atom is -0.272 e. The van der Waals surface area contributed by atoms with Gasteiger partial charge in [-0.15, -0.1) is 10.2 Å². The predicted octanol–water partition coefficient (Wildman–Crippen LogP) is 5.53. The highest BCUT2D eigenvalue weighted by Crippen LogP contribution is 2.32. The Balaban J connectivity index is 1.26. The molecular weight excluding hydrogens is 444 g/mol. The van der Waals surface area contributed by atoms with E-state index < -0.39 is 0 Å². The summed E-state index contributed by atoms with van der Waals surface area (Å²) in [5.41, 5.74) is 5.92. The van der Waals surface area contributed by atoms with Gasteiger partial charge >= 0.3 is 0 Å². The summed E-state index contributed by atoms with van der Waals surface area (Å²) in [5.74, 6) is 0.901. The molecule has 8 heteroatoms. The lowest BCUT2D eigenvalue weighted by Crippen LogP contribution is -2.19. The summed E-state index contributed by atoms with van der Waals surface area (Å²) in [7, 11) is 0. The molecule has 5 nitrogen and oxygen atoms in total. The molecule has 0 aliphatic heterocycles. The number of hydrazone groups is 1. The molecule has 0 saturated carbocycles. The molecule has 4 aromatic rings. The molecule has 0 spiro atoms. The first-order chi connectivity index (χ1) is 15.2. The van der Waals surface area contributed by atoms with Crippen LogP contribution in [0.15, 0.2) is 80.5 Å². The maximum Gasteiger partial charge on any atom is 0.250 e. The van der Waals surface area contributed by atoms with E-state index in [0.29, 0.717) is 0 Å². The highest BCUT2D eigenvalue weighted by atomic mass is 32.2. The quantitative estimate of drug-likeness (QED) is 0.211. The number of aromatic nitrogens is 2. The van der Waals surface area contributed by atoms with Gasteiger partial charge in [-0.1, -0.05) is 102 Å². The van der Waals surface area contributed by atoms with Gasteiger partial charge in [0, 0.05) is 5.75 Å². The van der Waals surface area contributed by atoms with Crippen molar-refractivity contribution >= 4 is 57.8 Å². The normalized spacial score (nSPS) is 11.3. The molecule has 0 unspecified atom stereocenters. The fourth-order valence-corrected chi connectivity index (χ4v) is 5.75. The highest BCUT2D eigenvalue weighted by Gasteiger charge is 2.09. The Labute approximate surface area is 193 Å². The average Bonchev–Trinajstić information content (AvgIpc) is 3.25. The zero-order valence-electron chi connectivity index (χ0n) is 16.8. The summed E-state index contributed by atoms with van der Waals surface area (Å²) < 4.78 is 1.67. The van der Waals surface area contributed by atoms with Gasteiger partial charge in [-0.05, 0) is 34.4 Å². The van der Waals surface area contributed by atoms with E-state index in [1.165, 1.54) is 39.4 Å². The van der Waals surface area contributed by atoms with Crippen molar-refractivity contribution in [3.05, 3.63) is 83.4 Å². The zero-order chi connectivity index (χ0) is 21.5. The van der Waals surface area contributed by atoms with Crippen LogP contribution in [0.4, 0.5) is 0 Å². The molecule has 156 valence electrons. The van der Waals surface area contributed by atoms with Crippen LogP contribution in [0.2, 0.25) is 0 Å². The van der Waals surface area contributed by atoms with E-state index in [0.717, 1.165) is 25.6 Å². The van der Waals surface area contributed by atoms with Crippen molar-refractivity contribution in [2.75, 3.05) is 5.75 Å².